The van der Waals surface area contributed by atoms with E-state index in [4.69, 9.17) is 4.74 Å². The zero-order valence-corrected chi connectivity index (χ0v) is 24.5. The maximum absolute atomic E-state index is 11.9. The molecule has 0 radical (unpaired) electrons. The zero-order valence-electron chi connectivity index (χ0n) is 24.5. The molecule has 5 heteroatoms. The number of nitrogens with zero attached hydrogens (tertiary/aromatic N) is 3. The third-order valence-corrected chi connectivity index (χ3v) is 7.92. The molecule has 0 spiro atoms. The number of aromatic nitrogens is 3. The summed E-state index contributed by atoms with van der Waals surface area (Å²) in [4.78, 5) is 12.9. The average molecular weight is 526 g/mol. The first-order valence-corrected chi connectivity index (χ1v) is 14.3. The maximum atomic E-state index is 11.9. The van der Waals surface area contributed by atoms with Gasteiger partial charge in [0.05, 0.1) is 17.6 Å². The normalized spacial score (nSPS) is 17.6. The Hall–Kier alpha value is -3.47. The molecule has 0 aliphatic heterocycles. The molecule has 0 saturated carbocycles. The highest BCUT2D eigenvalue weighted by atomic mass is 16.5. The van der Waals surface area contributed by atoms with Crippen LogP contribution in [0.2, 0.25) is 0 Å². The molecule has 2 aromatic carbocycles. The summed E-state index contributed by atoms with van der Waals surface area (Å²) in [7, 11) is 0. The lowest BCUT2D eigenvalue weighted by atomic mass is 9.68. The lowest BCUT2D eigenvalue weighted by molar-refractivity contribution is 0.161. The Labute approximate surface area is 234 Å². The van der Waals surface area contributed by atoms with Crippen molar-refractivity contribution in [2.45, 2.75) is 91.9 Å². The molecule has 1 unspecified atom stereocenters. The van der Waals surface area contributed by atoms with Gasteiger partial charge in [0.25, 0.3) is 0 Å². The summed E-state index contributed by atoms with van der Waals surface area (Å²) in [5.74, 6) is 1.51. The Morgan fingerprint density at radius 2 is 1.49 bits per heavy atom. The van der Waals surface area contributed by atoms with Gasteiger partial charge in [0, 0.05) is 5.57 Å². The fraction of sp³-hybridized carbons (Fsp3) is 0.441. The summed E-state index contributed by atoms with van der Waals surface area (Å²) in [5.41, 5.74) is 7.78. The van der Waals surface area contributed by atoms with Crippen molar-refractivity contribution >= 4 is 11.1 Å². The number of allylic oxidation sites excluding steroid dienone is 3. The number of ether oxygens (including phenoxy) is 1. The summed E-state index contributed by atoms with van der Waals surface area (Å²) < 4.78 is 6.78. The van der Waals surface area contributed by atoms with Gasteiger partial charge in [0.1, 0.15) is 24.2 Å². The largest absolute Gasteiger partial charge is 0.507 e. The summed E-state index contributed by atoms with van der Waals surface area (Å²) in [5, 5.41) is 11.9. The fourth-order valence-electron chi connectivity index (χ4n) is 5.91. The molecule has 3 aromatic rings. The second-order valence-corrected chi connectivity index (χ2v) is 11.3. The third-order valence-electron chi connectivity index (χ3n) is 7.92. The molecule has 1 atom stereocenters. The van der Waals surface area contributed by atoms with Crippen LogP contribution in [0.5, 0.6) is 0 Å². The lowest BCUT2D eigenvalue weighted by Gasteiger charge is -2.40. The summed E-state index contributed by atoms with van der Waals surface area (Å²) in [6, 6.07) is 13.0. The molecule has 0 amide bonds. The van der Waals surface area contributed by atoms with Crippen molar-refractivity contribution in [2.24, 2.45) is 0 Å². The Balaban J connectivity index is 1.90. The van der Waals surface area contributed by atoms with Gasteiger partial charge in [0.2, 0.25) is 0 Å². The van der Waals surface area contributed by atoms with Crippen LogP contribution in [0.3, 0.4) is 0 Å². The van der Waals surface area contributed by atoms with E-state index >= 15 is 0 Å². The van der Waals surface area contributed by atoms with E-state index in [9.17, 15) is 5.11 Å². The van der Waals surface area contributed by atoms with Gasteiger partial charge >= 0.3 is 0 Å². The Morgan fingerprint density at radius 1 is 0.846 bits per heavy atom. The predicted octanol–water partition coefficient (Wildman–Crippen LogP) is 8.52. The van der Waals surface area contributed by atoms with Crippen molar-refractivity contribution in [1.29, 1.82) is 0 Å². The van der Waals surface area contributed by atoms with Crippen LogP contribution in [0.1, 0.15) is 98.0 Å². The first kappa shape index (κ1) is 28.5. The van der Waals surface area contributed by atoms with E-state index in [0.717, 1.165) is 35.3 Å². The van der Waals surface area contributed by atoms with Crippen molar-refractivity contribution in [3.63, 3.8) is 0 Å². The minimum Gasteiger partial charge on any atom is -0.507 e. The van der Waals surface area contributed by atoms with Crippen LogP contribution in [0.15, 0.2) is 60.6 Å². The molecule has 0 saturated heterocycles. The van der Waals surface area contributed by atoms with Gasteiger partial charge < -0.3 is 9.84 Å². The molecule has 1 aliphatic rings. The van der Waals surface area contributed by atoms with Gasteiger partial charge in [-0.25, -0.2) is 15.0 Å². The van der Waals surface area contributed by atoms with Crippen LogP contribution in [0.4, 0.5) is 0 Å². The van der Waals surface area contributed by atoms with E-state index in [1.807, 2.05) is 0 Å². The van der Waals surface area contributed by atoms with E-state index < -0.39 is 5.41 Å². The SMILES string of the molecule is CCCCCCCCOC1=C(c2ccc(C)cc2C)C(O)=C(c2ncncn2)CC1(C)c1ccc(C)cc1C. The molecule has 1 aliphatic carbocycles. The van der Waals surface area contributed by atoms with E-state index in [0.29, 0.717) is 24.4 Å². The molecule has 1 aromatic heterocycles. The highest BCUT2D eigenvalue weighted by Crippen LogP contribution is 2.51. The molecule has 4 rings (SSSR count). The minimum absolute atomic E-state index is 0.188. The standard InChI is InChI=1S/C34H43N3O2/c1-7-8-9-10-11-12-17-39-32-30(27-15-13-23(2)18-25(27)4)31(38)28(33-36-21-35-22-37-33)20-34(32,6)29-16-14-24(3)19-26(29)5/h13-16,18-19,21-22,38H,7-12,17,20H2,1-6H3. The van der Waals surface area contributed by atoms with Gasteiger partial charge in [-0.3, -0.25) is 0 Å². The predicted molar refractivity (Wildman–Crippen MR) is 159 cm³/mol. The van der Waals surface area contributed by atoms with Crippen LogP contribution in [-0.2, 0) is 10.2 Å². The average Bonchev–Trinajstić information content (AvgIpc) is 2.91. The maximum Gasteiger partial charge on any atom is 0.162 e. The first-order chi connectivity index (χ1) is 18.8. The number of aliphatic hydroxyl groups excluding tert-OH is 1. The quantitative estimate of drug-likeness (QED) is 0.254. The molecule has 0 fully saturated rings. The minimum atomic E-state index is -0.527. The number of aryl methyl sites for hydroxylation is 4. The van der Waals surface area contributed by atoms with Crippen LogP contribution in [-0.4, -0.2) is 26.7 Å². The molecule has 0 bridgehead atoms. The third kappa shape index (κ3) is 6.24. The number of unbranched alkanes of at least 4 members (excludes halogenated alkanes) is 5. The Bertz CT molecular complexity index is 1360. The van der Waals surface area contributed by atoms with Crippen molar-refractivity contribution in [3.05, 3.63) is 99.8 Å². The van der Waals surface area contributed by atoms with Crippen LogP contribution >= 0.6 is 0 Å². The molecular weight excluding hydrogens is 482 g/mol. The van der Waals surface area contributed by atoms with Gasteiger partial charge in [0.15, 0.2) is 5.82 Å². The molecule has 1 N–H and O–H groups in total. The first-order valence-electron chi connectivity index (χ1n) is 14.3. The van der Waals surface area contributed by atoms with Crippen molar-refractivity contribution in [1.82, 2.24) is 15.0 Å². The number of rotatable bonds is 11. The van der Waals surface area contributed by atoms with Crippen molar-refractivity contribution in [3.8, 4) is 0 Å². The topological polar surface area (TPSA) is 68.1 Å². The van der Waals surface area contributed by atoms with Crippen molar-refractivity contribution < 1.29 is 9.84 Å². The summed E-state index contributed by atoms with van der Waals surface area (Å²) >= 11 is 0. The monoisotopic (exact) mass is 525 g/mol. The lowest BCUT2D eigenvalue weighted by Crippen LogP contribution is -2.33. The summed E-state index contributed by atoms with van der Waals surface area (Å²) in [6.45, 7) is 13.6. The molecular formula is C34H43N3O2. The van der Waals surface area contributed by atoms with Crippen molar-refractivity contribution in [2.75, 3.05) is 6.61 Å². The van der Waals surface area contributed by atoms with Gasteiger partial charge in [-0.1, -0.05) is 86.6 Å². The van der Waals surface area contributed by atoms with Gasteiger partial charge in [-0.2, -0.15) is 0 Å². The smallest absolute Gasteiger partial charge is 0.162 e. The van der Waals surface area contributed by atoms with Gasteiger partial charge in [-0.15, -0.1) is 0 Å². The summed E-state index contributed by atoms with van der Waals surface area (Å²) in [6.07, 6.45) is 10.6. The molecule has 5 nitrogen and oxygen atoms in total. The second kappa shape index (κ2) is 12.6. The molecule has 206 valence electrons. The van der Waals surface area contributed by atoms with E-state index in [2.05, 4.69) is 92.9 Å². The Morgan fingerprint density at radius 3 is 2.15 bits per heavy atom. The van der Waals surface area contributed by atoms with E-state index in [-0.39, 0.29) is 5.76 Å². The number of hydrogen-bond acceptors (Lipinski definition) is 5. The number of hydrogen-bond donors (Lipinski definition) is 1. The second-order valence-electron chi connectivity index (χ2n) is 11.3. The zero-order chi connectivity index (χ0) is 28.0. The molecule has 1 heterocycles. The highest BCUT2D eigenvalue weighted by Gasteiger charge is 2.44. The van der Waals surface area contributed by atoms with Crippen LogP contribution < -0.4 is 0 Å². The highest BCUT2D eigenvalue weighted by molar-refractivity contribution is 5.92. The van der Waals surface area contributed by atoms with Gasteiger partial charge in [-0.05, 0) is 69.7 Å². The van der Waals surface area contributed by atoms with Crippen LogP contribution in [0.25, 0.3) is 11.1 Å². The number of aliphatic hydroxyl groups is 1. The Kier molecular flexibility index (Phi) is 9.21. The van der Waals surface area contributed by atoms with Crippen LogP contribution in [0, 0.1) is 27.7 Å². The molecule has 39 heavy (non-hydrogen) atoms. The van der Waals surface area contributed by atoms with E-state index in [1.165, 1.54) is 60.6 Å². The number of benzene rings is 2. The fourth-order valence-corrected chi connectivity index (χ4v) is 5.91. The van der Waals surface area contributed by atoms with E-state index in [1.54, 1.807) is 0 Å².